The van der Waals surface area contributed by atoms with Crippen LogP contribution in [0.3, 0.4) is 0 Å². The van der Waals surface area contributed by atoms with Crippen molar-refractivity contribution < 1.29 is 18.1 Å². The van der Waals surface area contributed by atoms with Gasteiger partial charge >= 0.3 is 0 Å². The molecular formula is C18H28N4O5S. The van der Waals surface area contributed by atoms with Gasteiger partial charge in [-0.05, 0) is 38.1 Å². The molecule has 10 heteroatoms. The maximum atomic E-state index is 12.7. The molecule has 0 radical (unpaired) electrons. The van der Waals surface area contributed by atoms with Crippen LogP contribution in [-0.4, -0.2) is 75.0 Å². The van der Waals surface area contributed by atoms with Crippen LogP contribution in [0.1, 0.15) is 25.7 Å². The van der Waals surface area contributed by atoms with Gasteiger partial charge in [0.1, 0.15) is 5.69 Å². The van der Waals surface area contributed by atoms with Crippen LogP contribution in [-0.2, 0) is 14.8 Å². The van der Waals surface area contributed by atoms with Crippen LogP contribution in [0.4, 0.5) is 11.4 Å². The molecule has 2 heterocycles. The van der Waals surface area contributed by atoms with E-state index < -0.39 is 14.9 Å². The zero-order valence-corrected chi connectivity index (χ0v) is 16.8. The number of sulfonamides is 1. The van der Waals surface area contributed by atoms with Gasteiger partial charge in [-0.2, -0.15) is 4.31 Å². The molecule has 0 unspecified atom stereocenters. The molecule has 2 saturated heterocycles. The van der Waals surface area contributed by atoms with Crippen molar-refractivity contribution in [3.05, 3.63) is 28.3 Å². The first-order valence-corrected chi connectivity index (χ1v) is 11.2. The first kappa shape index (κ1) is 21.0. The van der Waals surface area contributed by atoms with Crippen LogP contribution in [0.15, 0.2) is 23.1 Å². The molecule has 0 bridgehead atoms. The van der Waals surface area contributed by atoms with E-state index in [0.717, 1.165) is 25.7 Å². The van der Waals surface area contributed by atoms with Crippen LogP contribution in [0.2, 0.25) is 0 Å². The van der Waals surface area contributed by atoms with Gasteiger partial charge in [-0.1, -0.05) is 12.8 Å². The highest BCUT2D eigenvalue weighted by molar-refractivity contribution is 7.89. The summed E-state index contributed by atoms with van der Waals surface area (Å²) < 4.78 is 32.0. The summed E-state index contributed by atoms with van der Waals surface area (Å²) in [6.07, 6.45) is 4.89. The Labute approximate surface area is 165 Å². The number of benzene rings is 1. The van der Waals surface area contributed by atoms with Gasteiger partial charge in [0.05, 0.1) is 23.0 Å². The molecule has 1 aromatic rings. The van der Waals surface area contributed by atoms with Crippen molar-refractivity contribution >= 4 is 21.4 Å². The van der Waals surface area contributed by atoms with E-state index in [1.54, 1.807) is 0 Å². The standard InChI is InChI=1S/C18H28N4O5S/c23-22(24)18-15-16(28(25,26)21-11-13-27-14-12-21)5-6-17(18)19-7-10-20-8-3-1-2-4-9-20/h5-6,15,19H,1-4,7-14H2. The van der Waals surface area contributed by atoms with Crippen molar-refractivity contribution in [3.8, 4) is 0 Å². The average molecular weight is 413 g/mol. The number of nitro benzene ring substituents is 1. The summed E-state index contributed by atoms with van der Waals surface area (Å²) in [4.78, 5) is 13.3. The molecule has 0 spiro atoms. The lowest BCUT2D eigenvalue weighted by molar-refractivity contribution is -0.384. The third kappa shape index (κ3) is 5.19. The number of nitrogens with zero attached hydrogens (tertiary/aromatic N) is 3. The molecule has 9 nitrogen and oxygen atoms in total. The third-order valence-corrected chi connectivity index (χ3v) is 7.11. The summed E-state index contributed by atoms with van der Waals surface area (Å²) in [5.74, 6) is 0. The van der Waals surface area contributed by atoms with Gasteiger partial charge in [-0.25, -0.2) is 8.42 Å². The second-order valence-corrected chi connectivity index (χ2v) is 9.07. The number of ether oxygens (including phenoxy) is 1. The molecule has 28 heavy (non-hydrogen) atoms. The Bertz CT molecular complexity index is 772. The molecule has 3 rings (SSSR count). The largest absolute Gasteiger partial charge is 0.379 e. The van der Waals surface area contributed by atoms with Gasteiger partial charge < -0.3 is 15.0 Å². The Balaban J connectivity index is 1.69. The van der Waals surface area contributed by atoms with Gasteiger partial charge in [-0.15, -0.1) is 0 Å². The van der Waals surface area contributed by atoms with Crippen LogP contribution >= 0.6 is 0 Å². The SMILES string of the molecule is O=[N+]([O-])c1cc(S(=O)(=O)N2CCOCC2)ccc1NCCN1CCCCCC1. The van der Waals surface area contributed by atoms with E-state index in [4.69, 9.17) is 4.74 Å². The summed E-state index contributed by atoms with van der Waals surface area (Å²) in [6, 6.07) is 4.08. The predicted molar refractivity (Wildman–Crippen MR) is 106 cm³/mol. The van der Waals surface area contributed by atoms with E-state index >= 15 is 0 Å². The van der Waals surface area contributed by atoms with Crippen molar-refractivity contribution in [1.82, 2.24) is 9.21 Å². The van der Waals surface area contributed by atoms with E-state index in [2.05, 4.69) is 10.2 Å². The summed E-state index contributed by atoms with van der Waals surface area (Å²) in [7, 11) is -3.76. The lowest BCUT2D eigenvalue weighted by Gasteiger charge is -2.26. The minimum Gasteiger partial charge on any atom is -0.379 e. The Morgan fingerprint density at radius 1 is 1.07 bits per heavy atom. The molecular weight excluding hydrogens is 384 g/mol. The third-order valence-electron chi connectivity index (χ3n) is 5.22. The number of hydrogen-bond acceptors (Lipinski definition) is 7. The minimum absolute atomic E-state index is 0.0563. The number of hydrogen-bond donors (Lipinski definition) is 1. The van der Waals surface area contributed by atoms with E-state index in [9.17, 15) is 18.5 Å². The van der Waals surface area contributed by atoms with Gasteiger partial charge in [0.2, 0.25) is 10.0 Å². The Morgan fingerprint density at radius 2 is 1.75 bits per heavy atom. The first-order valence-electron chi connectivity index (χ1n) is 9.81. The molecule has 0 aliphatic carbocycles. The quantitative estimate of drug-likeness (QED) is 0.539. The van der Waals surface area contributed by atoms with Crippen molar-refractivity contribution in [2.24, 2.45) is 0 Å². The van der Waals surface area contributed by atoms with Gasteiger partial charge in [0, 0.05) is 32.2 Å². The van der Waals surface area contributed by atoms with Gasteiger partial charge in [-0.3, -0.25) is 10.1 Å². The maximum absolute atomic E-state index is 12.7. The summed E-state index contributed by atoms with van der Waals surface area (Å²) in [5, 5.41) is 14.6. The van der Waals surface area contributed by atoms with Crippen LogP contribution in [0.25, 0.3) is 0 Å². The van der Waals surface area contributed by atoms with Crippen molar-refractivity contribution in [3.63, 3.8) is 0 Å². The summed E-state index contributed by atoms with van der Waals surface area (Å²) in [5.41, 5.74) is 0.131. The minimum atomic E-state index is -3.76. The van der Waals surface area contributed by atoms with E-state index in [-0.39, 0.29) is 23.7 Å². The summed E-state index contributed by atoms with van der Waals surface area (Å²) in [6.45, 7) is 4.68. The zero-order valence-electron chi connectivity index (χ0n) is 16.0. The number of nitro groups is 1. The van der Waals surface area contributed by atoms with Crippen LogP contribution < -0.4 is 5.32 Å². The van der Waals surface area contributed by atoms with Gasteiger partial charge in [0.15, 0.2) is 0 Å². The molecule has 2 aliphatic heterocycles. The normalized spacial score (nSPS) is 19.9. The van der Waals surface area contributed by atoms with Crippen molar-refractivity contribution in [2.45, 2.75) is 30.6 Å². The number of likely N-dealkylation sites (tertiary alicyclic amines) is 1. The molecule has 2 fully saturated rings. The lowest BCUT2D eigenvalue weighted by atomic mass is 10.2. The van der Waals surface area contributed by atoms with E-state index in [1.807, 2.05) is 0 Å². The second-order valence-electron chi connectivity index (χ2n) is 7.14. The molecule has 1 aromatic carbocycles. The first-order chi connectivity index (χ1) is 13.5. The Hall–Kier alpha value is -1.75. The topological polar surface area (TPSA) is 105 Å². The fourth-order valence-corrected chi connectivity index (χ4v) is 5.05. The molecule has 0 aromatic heterocycles. The highest BCUT2D eigenvalue weighted by atomic mass is 32.2. The number of rotatable bonds is 7. The van der Waals surface area contributed by atoms with Crippen LogP contribution in [0.5, 0.6) is 0 Å². The smallest absolute Gasteiger partial charge is 0.293 e. The van der Waals surface area contributed by atoms with Crippen molar-refractivity contribution in [1.29, 1.82) is 0 Å². The van der Waals surface area contributed by atoms with E-state index in [0.29, 0.717) is 25.4 Å². The number of nitrogens with one attached hydrogen (secondary N) is 1. The monoisotopic (exact) mass is 412 g/mol. The second kappa shape index (κ2) is 9.64. The number of morpholine rings is 1. The highest BCUT2D eigenvalue weighted by Gasteiger charge is 2.28. The lowest BCUT2D eigenvalue weighted by Crippen LogP contribution is -2.40. The zero-order chi connectivity index (χ0) is 20.0. The van der Waals surface area contributed by atoms with Gasteiger partial charge in [0.25, 0.3) is 5.69 Å². The van der Waals surface area contributed by atoms with E-state index in [1.165, 1.54) is 42.1 Å². The predicted octanol–water partition coefficient (Wildman–Crippen LogP) is 1.90. The maximum Gasteiger partial charge on any atom is 0.293 e. The Kier molecular flexibility index (Phi) is 7.22. The molecule has 0 amide bonds. The highest BCUT2D eigenvalue weighted by Crippen LogP contribution is 2.29. The summed E-state index contributed by atoms with van der Waals surface area (Å²) >= 11 is 0. The fraction of sp³-hybridized carbons (Fsp3) is 0.667. The van der Waals surface area contributed by atoms with Crippen molar-refractivity contribution in [2.75, 3.05) is 57.8 Å². The molecule has 2 aliphatic rings. The molecule has 0 saturated carbocycles. The molecule has 156 valence electrons. The molecule has 1 N–H and O–H groups in total. The number of anilines is 1. The van der Waals surface area contributed by atoms with Crippen LogP contribution in [0, 0.1) is 10.1 Å². The fourth-order valence-electron chi connectivity index (χ4n) is 3.62. The molecule has 0 atom stereocenters. The Morgan fingerprint density at radius 3 is 2.39 bits per heavy atom. The average Bonchev–Trinajstić information content (AvgIpc) is 2.97.